The maximum Gasteiger partial charge on any atom is 0.387 e. The summed E-state index contributed by atoms with van der Waals surface area (Å²) in [6.45, 7) is -0.299. The largest absolute Gasteiger partial charge is 0.435 e. The first-order valence-corrected chi connectivity index (χ1v) is 7.52. The smallest absolute Gasteiger partial charge is 0.387 e. The van der Waals surface area contributed by atoms with Crippen molar-refractivity contribution in [3.63, 3.8) is 0 Å². The number of hydrogen-bond donors (Lipinski definition) is 2. The minimum atomic E-state index is -2.85. The third-order valence-corrected chi connectivity index (χ3v) is 4.21. The number of aliphatic hydroxyl groups is 1. The molecule has 0 aliphatic heterocycles. The van der Waals surface area contributed by atoms with E-state index >= 15 is 0 Å². The Balaban J connectivity index is 1.85. The van der Waals surface area contributed by atoms with Gasteiger partial charge < -0.3 is 15.2 Å². The Kier molecular flexibility index (Phi) is 5.94. The first-order chi connectivity index (χ1) is 10.1. The predicted molar refractivity (Wildman–Crippen MR) is 77.5 cm³/mol. The van der Waals surface area contributed by atoms with Crippen molar-refractivity contribution in [2.24, 2.45) is 5.92 Å². The standard InChI is InChI=1S/C16H23F2NO2/c1-11(12-5-2-3-6-12)19-10-15(20)13-7-4-8-14(9-13)21-16(17)18/h4,7-9,11-12,15-16,19-20H,2-3,5-6,10H2,1H3. The van der Waals surface area contributed by atoms with E-state index < -0.39 is 12.7 Å². The Bertz CT molecular complexity index is 436. The summed E-state index contributed by atoms with van der Waals surface area (Å²) in [6, 6.07) is 6.60. The van der Waals surface area contributed by atoms with E-state index in [0.29, 0.717) is 24.1 Å². The topological polar surface area (TPSA) is 41.5 Å². The molecule has 2 N–H and O–H groups in total. The monoisotopic (exact) mass is 299 g/mol. The van der Waals surface area contributed by atoms with E-state index in [0.717, 1.165) is 0 Å². The number of nitrogens with one attached hydrogen (secondary N) is 1. The van der Waals surface area contributed by atoms with Gasteiger partial charge in [-0.25, -0.2) is 0 Å². The van der Waals surface area contributed by atoms with Gasteiger partial charge in [0.2, 0.25) is 0 Å². The molecule has 1 fully saturated rings. The van der Waals surface area contributed by atoms with Gasteiger partial charge in [-0.3, -0.25) is 0 Å². The summed E-state index contributed by atoms with van der Waals surface area (Å²) in [5, 5.41) is 13.5. The van der Waals surface area contributed by atoms with Gasteiger partial charge in [0, 0.05) is 12.6 Å². The highest BCUT2D eigenvalue weighted by Crippen LogP contribution is 2.28. The Morgan fingerprint density at radius 1 is 1.33 bits per heavy atom. The molecule has 1 aromatic carbocycles. The summed E-state index contributed by atoms with van der Waals surface area (Å²) in [4.78, 5) is 0. The van der Waals surface area contributed by atoms with Crippen LogP contribution in [0.1, 0.15) is 44.3 Å². The lowest BCUT2D eigenvalue weighted by molar-refractivity contribution is -0.0499. The summed E-state index contributed by atoms with van der Waals surface area (Å²) in [7, 11) is 0. The Morgan fingerprint density at radius 2 is 2.05 bits per heavy atom. The molecule has 0 aromatic heterocycles. The molecule has 2 unspecified atom stereocenters. The number of ether oxygens (including phenoxy) is 1. The van der Waals surface area contributed by atoms with Crippen LogP contribution in [0.3, 0.4) is 0 Å². The van der Waals surface area contributed by atoms with E-state index in [1.807, 2.05) is 0 Å². The van der Waals surface area contributed by atoms with E-state index in [1.165, 1.54) is 37.8 Å². The second-order valence-corrected chi connectivity index (χ2v) is 5.71. The van der Waals surface area contributed by atoms with E-state index in [1.54, 1.807) is 12.1 Å². The average molecular weight is 299 g/mol. The Hall–Kier alpha value is -1.20. The Labute approximate surface area is 124 Å². The van der Waals surface area contributed by atoms with Crippen molar-refractivity contribution in [3.8, 4) is 5.75 Å². The maximum absolute atomic E-state index is 12.2. The van der Waals surface area contributed by atoms with Gasteiger partial charge in [-0.2, -0.15) is 8.78 Å². The van der Waals surface area contributed by atoms with Crippen molar-refractivity contribution >= 4 is 0 Å². The SMILES string of the molecule is CC(NCC(O)c1cccc(OC(F)F)c1)C1CCCC1. The zero-order chi connectivity index (χ0) is 15.2. The molecule has 1 aliphatic carbocycles. The third-order valence-electron chi connectivity index (χ3n) is 4.21. The summed E-state index contributed by atoms with van der Waals surface area (Å²) in [5.74, 6) is 0.746. The summed E-state index contributed by atoms with van der Waals surface area (Å²) in [6.07, 6.45) is 4.32. The minimum Gasteiger partial charge on any atom is -0.435 e. The van der Waals surface area contributed by atoms with Crippen LogP contribution in [-0.2, 0) is 0 Å². The lowest BCUT2D eigenvalue weighted by atomic mass is 9.99. The molecule has 2 rings (SSSR count). The predicted octanol–water partition coefficient (Wildman–Crippen LogP) is 3.49. The molecular formula is C16H23F2NO2. The molecule has 0 heterocycles. The van der Waals surface area contributed by atoms with Crippen LogP contribution in [0.4, 0.5) is 8.78 Å². The van der Waals surface area contributed by atoms with Crippen LogP contribution < -0.4 is 10.1 Å². The first-order valence-electron chi connectivity index (χ1n) is 7.52. The van der Waals surface area contributed by atoms with E-state index in [-0.39, 0.29) is 5.75 Å². The number of rotatable bonds is 7. The van der Waals surface area contributed by atoms with Gasteiger partial charge in [-0.15, -0.1) is 0 Å². The lowest BCUT2D eigenvalue weighted by Gasteiger charge is -2.22. The molecule has 2 atom stereocenters. The Morgan fingerprint density at radius 3 is 2.71 bits per heavy atom. The number of alkyl halides is 2. The molecule has 0 saturated heterocycles. The van der Waals surface area contributed by atoms with Crippen molar-refractivity contribution in [2.45, 2.75) is 51.4 Å². The summed E-state index contributed by atoms with van der Waals surface area (Å²) < 4.78 is 28.7. The molecule has 1 aromatic rings. The fraction of sp³-hybridized carbons (Fsp3) is 0.625. The first kappa shape index (κ1) is 16.2. The van der Waals surface area contributed by atoms with Gasteiger partial charge in [0.25, 0.3) is 0 Å². The quantitative estimate of drug-likeness (QED) is 0.810. The lowest BCUT2D eigenvalue weighted by Crippen LogP contribution is -2.35. The zero-order valence-electron chi connectivity index (χ0n) is 12.3. The van der Waals surface area contributed by atoms with Crippen LogP contribution in [0.15, 0.2) is 24.3 Å². The van der Waals surface area contributed by atoms with Gasteiger partial charge in [0.05, 0.1) is 6.10 Å². The summed E-state index contributed by atoms with van der Waals surface area (Å²) >= 11 is 0. The molecule has 1 saturated carbocycles. The van der Waals surface area contributed by atoms with Gasteiger partial charge >= 0.3 is 6.61 Å². The van der Waals surface area contributed by atoms with E-state index in [4.69, 9.17) is 0 Å². The van der Waals surface area contributed by atoms with Crippen LogP contribution in [0, 0.1) is 5.92 Å². The van der Waals surface area contributed by atoms with E-state index in [9.17, 15) is 13.9 Å². The van der Waals surface area contributed by atoms with Crippen LogP contribution >= 0.6 is 0 Å². The van der Waals surface area contributed by atoms with Crippen molar-refractivity contribution < 1.29 is 18.6 Å². The highest BCUT2D eigenvalue weighted by Gasteiger charge is 2.22. The molecule has 1 aliphatic rings. The zero-order valence-corrected chi connectivity index (χ0v) is 12.3. The average Bonchev–Trinajstić information content (AvgIpc) is 2.98. The van der Waals surface area contributed by atoms with Crippen LogP contribution in [0.2, 0.25) is 0 Å². The molecule has 0 amide bonds. The molecular weight excluding hydrogens is 276 g/mol. The van der Waals surface area contributed by atoms with Gasteiger partial charge in [-0.05, 0) is 43.4 Å². The van der Waals surface area contributed by atoms with Gasteiger partial charge in [-0.1, -0.05) is 25.0 Å². The van der Waals surface area contributed by atoms with Gasteiger partial charge in [0.15, 0.2) is 0 Å². The number of benzene rings is 1. The molecule has 118 valence electrons. The number of halogens is 2. The molecule has 0 spiro atoms. The van der Waals surface area contributed by atoms with Crippen molar-refractivity contribution in [1.29, 1.82) is 0 Å². The number of hydrogen-bond acceptors (Lipinski definition) is 3. The fourth-order valence-corrected chi connectivity index (χ4v) is 2.94. The normalized spacial score (nSPS) is 18.9. The van der Waals surface area contributed by atoms with Crippen molar-refractivity contribution in [2.75, 3.05) is 6.54 Å². The van der Waals surface area contributed by atoms with Crippen LogP contribution in [0.5, 0.6) is 5.75 Å². The second kappa shape index (κ2) is 7.71. The molecule has 3 nitrogen and oxygen atoms in total. The second-order valence-electron chi connectivity index (χ2n) is 5.71. The molecule has 21 heavy (non-hydrogen) atoms. The highest BCUT2D eigenvalue weighted by atomic mass is 19.3. The maximum atomic E-state index is 12.2. The highest BCUT2D eigenvalue weighted by molar-refractivity contribution is 5.30. The van der Waals surface area contributed by atoms with E-state index in [2.05, 4.69) is 17.0 Å². The van der Waals surface area contributed by atoms with Crippen LogP contribution in [0.25, 0.3) is 0 Å². The molecule has 0 bridgehead atoms. The number of aliphatic hydroxyl groups excluding tert-OH is 1. The third kappa shape index (κ3) is 4.93. The molecule has 5 heteroatoms. The fourth-order valence-electron chi connectivity index (χ4n) is 2.94. The molecule has 0 radical (unpaired) electrons. The summed E-state index contributed by atoms with van der Waals surface area (Å²) in [5.41, 5.74) is 0.583. The van der Waals surface area contributed by atoms with Crippen LogP contribution in [-0.4, -0.2) is 24.3 Å². The van der Waals surface area contributed by atoms with Crippen molar-refractivity contribution in [3.05, 3.63) is 29.8 Å². The van der Waals surface area contributed by atoms with Gasteiger partial charge in [0.1, 0.15) is 5.75 Å². The minimum absolute atomic E-state index is 0.0744. The van der Waals surface area contributed by atoms with Crippen molar-refractivity contribution in [1.82, 2.24) is 5.32 Å².